The predicted octanol–water partition coefficient (Wildman–Crippen LogP) is 2.27. The van der Waals surface area contributed by atoms with E-state index in [-0.39, 0.29) is 55.9 Å². The van der Waals surface area contributed by atoms with Gasteiger partial charge in [-0.2, -0.15) is 13.2 Å². The lowest BCUT2D eigenvalue weighted by atomic mass is 9.86. The van der Waals surface area contributed by atoms with Crippen LogP contribution in [0.4, 0.5) is 23.4 Å². The van der Waals surface area contributed by atoms with Gasteiger partial charge in [-0.1, -0.05) is 5.16 Å². The first-order valence-electron chi connectivity index (χ1n) is 10.5. The summed E-state index contributed by atoms with van der Waals surface area (Å²) in [7, 11) is 0. The van der Waals surface area contributed by atoms with Gasteiger partial charge in [-0.25, -0.2) is 14.4 Å². The number of nitrogens with zero attached hydrogens (tertiary/aromatic N) is 5. The number of carbonyl (C=O) groups excluding carboxylic acids is 1. The van der Waals surface area contributed by atoms with E-state index >= 15 is 0 Å². The number of rotatable bonds is 3. The van der Waals surface area contributed by atoms with E-state index in [1.54, 1.807) is 4.90 Å². The second kappa shape index (κ2) is 8.41. The number of anilines is 1. The molecule has 4 heterocycles. The van der Waals surface area contributed by atoms with Gasteiger partial charge in [0.25, 0.3) is 12.4 Å². The maximum atomic E-state index is 14.5. The molecule has 9 nitrogen and oxygen atoms in total. The van der Waals surface area contributed by atoms with Gasteiger partial charge in [-0.3, -0.25) is 9.59 Å². The molecule has 1 N–H and O–H groups in total. The van der Waals surface area contributed by atoms with Gasteiger partial charge in [0.1, 0.15) is 29.2 Å². The van der Waals surface area contributed by atoms with Crippen molar-refractivity contribution in [1.29, 1.82) is 0 Å². The summed E-state index contributed by atoms with van der Waals surface area (Å²) in [6, 6.07) is 0.916. The maximum Gasteiger partial charge on any atom is 0.433 e. The van der Waals surface area contributed by atoms with Gasteiger partial charge >= 0.3 is 6.18 Å². The lowest BCUT2D eigenvalue weighted by Gasteiger charge is -2.44. The van der Waals surface area contributed by atoms with Crippen LogP contribution in [-0.2, 0) is 20.6 Å². The van der Waals surface area contributed by atoms with Crippen LogP contribution in [0.5, 0.6) is 0 Å². The number of carbonyl (C=O) groups is 2. The summed E-state index contributed by atoms with van der Waals surface area (Å²) in [5.41, 5.74) is -2.82. The van der Waals surface area contributed by atoms with E-state index < -0.39 is 23.1 Å². The zero-order valence-electron chi connectivity index (χ0n) is 17.6. The van der Waals surface area contributed by atoms with Crippen LogP contribution in [-0.4, -0.2) is 75.5 Å². The van der Waals surface area contributed by atoms with Gasteiger partial charge in [0.2, 0.25) is 0 Å². The Morgan fingerprint density at radius 3 is 2.58 bits per heavy atom. The molecule has 1 aromatic heterocycles. The Morgan fingerprint density at radius 1 is 1.24 bits per heavy atom. The lowest BCUT2D eigenvalue weighted by Crippen LogP contribution is -2.63. The van der Waals surface area contributed by atoms with E-state index in [4.69, 9.17) is 14.7 Å². The molecule has 4 aliphatic rings. The van der Waals surface area contributed by atoms with E-state index in [0.29, 0.717) is 19.4 Å². The Morgan fingerprint density at radius 2 is 1.94 bits per heavy atom. The number of halogens is 4. The normalized spacial score (nSPS) is 26.0. The molecule has 1 unspecified atom stereocenters. The monoisotopic (exact) mass is 473 g/mol. The number of aromatic nitrogens is 2. The van der Waals surface area contributed by atoms with Crippen molar-refractivity contribution < 1.29 is 37.1 Å². The van der Waals surface area contributed by atoms with Gasteiger partial charge in [-0.05, 0) is 31.6 Å². The minimum absolute atomic E-state index is 0.0658. The lowest BCUT2D eigenvalue weighted by molar-refractivity contribution is -0.141. The van der Waals surface area contributed by atoms with Crippen LogP contribution in [0.1, 0.15) is 37.8 Å². The number of amides is 1. The second-order valence-corrected chi connectivity index (χ2v) is 8.85. The van der Waals surface area contributed by atoms with Gasteiger partial charge in [0.05, 0.1) is 19.6 Å². The highest BCUT2D eigenvalue weighted by atomic mass is 19.4. The molecule has 13 heteroatoms. The molecule has 3 fully saturated rings. The van der Waals surface area contributed by atoms with Crippen LogP contribution in [0.2, 0.25) is 0 Å². The first-order chi connectivity index (χ1) is 15.6. The van der Waals surface area contributed by atoms with Crippen LogP contribution < -0.4 is 4.90 Å². The van der Waals surface area contributed by atoms with Crippen molar-refractivity contribution in [1.82, 2.24) is 14.9 Å². The molecule has 0 aromatic carbocycles. The first-order valence-corrected chi connectivity index (χ1v) is 10.5. The summed E-state index contributed by atoms with van der Waals surface area (Å²) in [6.45, 7) is 0.711. The van der Waals surface area contributed by atoms with Crippen molar-refractivity contribution in [2.75, 3.05) is 31.1 Å². The van der Waals surface area contributed by atoms with Gasteiger partial charge in [0, 0.05) is 19.0 Å². The highest BCUT2D eigenvalue weighted by Gasteiger charge is 2.56. The van der Waals surface area contributed by atoms with Gasteiger partial charge < -0.3 is 19.7 Å². The number of likely N-dealkylation sites (tertiary alicyclic amines) is 1. The zero-order valence-corrected chi connectivity index (χ0v) is 17.6. The average Bonchev–Trinajstić information content (AvgIpc) is 3.54. The molecule has 3 aliphatic heterocycles. The van der Waals surface area contributed by atoms with E-state index in [1.807, 2.05) is 0 Å². The van der Waals surface area contributed by atoms with E-state index in [9.17, 15) is 22.4 Å². The van der Waals surface area contributed by atoms with Crippen LogP contribution in [0, 0.1) is 5.92 Å². The maximum absolute atomic E-state index is 14.5. The number of alkyl halides is 4. The van der Waals surface area contributed by atoms with Crippen LogP contribution >= 0.6 is 0 Å². The molecule has 2 saturated heterocycles. The van der Waals surface area contributed by atoms with Crippen molar-refractivity contribution in [2.24, 2.45) is 11.1 Å². The quantitative estimate of drug-likeness (QED) is 0.530. The standard InChI is InChI=1S/C19H21F4N5O2.CH2O2/c20-18(12-2-3-12)9-28(10-18)16(29)13-7-17(30-26-13)4-1-5-27(8-17)15-6-14(19(21,22)23)24-11-25-15;2-1-3/h6,11-12H,1-5,7-10H2;1H,(H,2,3). The molecule has 0 bridgehead atoms. The van der Waals surface area contributed by atoms with Gasteiger partial charge in [0.15, 0.2) is 5.60 Å². The fraction of sp³-hybridized carbons (Fsp3) is 0.650. The Kier molecular flexibility index (Phi) is 5.91. The SMILES string of the molecule is O=C(C1=NOC2(CCCN(c3cc(C(F)(F)F)ncn3)C2)C1)N1CC(F)(C2CC2)C1.O=CO. The third kappa shape index (κ3) is 4.71. The molecule has 5 rings (SSSR count). The third-order valence-electron chi connectivity index (χ3n) is 6.40. The molecular weight excluding hydrogens is 450 g/mol. The number of piperidine rings is 1. The smallest absolute Gasteiger partial charge is 0.433 e. The summed E-state index contributed by atoms with van der Waals surface area (Å²) in [6.07, 6.45) is -0.383. The summed E-state index contributed by atoms with van der Waals surface area (Å²) in [5, 5.41) is 10.9. The minimum atomic E-state index is -4.55. The topological polar surface area (TPSA) is 108 Å². The average molecular weight is 473 g/mol. The summed E-state index contributed by atoms with van der Waals surface area (Å²) in [4.78, 5) is 37.1. The van der Waals surface area contributed by atoms with Crippen LogP contribution in [0.3, 0.4) is 0 Å². The minimum Gasteiger partial charge on any atom is -0.483 e. The predicted molar refractivity (Wildman–Crippen MR) is 106 cm³/mol. The fourth-order valence-corrected chi connectivity index (χ4v) is 4.60. The summed E-state index contributed by atoms with van der Waals surface area (Å²) in [5.74, 6) is -0.0931. The third-order valence-corrected chi connectivity index (χ3v) is 6.40. The molecule has 1 atom stereocenters. The molecule has 1 aliphatic carbocycles. The van der Waals surface area contributed by atoms with Crippen molar-refractivity contribution >= 4 is 23.9 Å². The van der Waals surface area contributed by atoms with Crippen molar-refractivity contribution in [2.45, 2.75) is 49.6 Å². The molecule has 1 spiro atoms. The number of hydrogen-bond donors (Lipinski definition) is 1. The Hall–Kier alpha value is -2.99. The number of hydrogen-bond acceptors (Lipinski definition) is 7. The first kappa shape index (κ1) is 23.2. The Labute approximate surface area is 186 Å². The molecule has 33 heavy (non-hydrogen) atoms. The Bertz CT molecular complexity index is 949. The molecule has 1 amide bonds. The largest absolute Gasteiger partial charge is 0.483 e. The van der Waals surface area contributed by atoms with E-state index in [0.717, 1.165) is 25.2 Å². The Balaban J connectivity index is 0.000000821. The molecule has 0 radical (unpaired) electrons. The molecule has 180 valence electrons. The van der Waals surface area contributed by atoms with Crippen molar-refractivity contribution in [3.8, 4) is 0 Å². The van der Waals surface area contributed by atoms with Crippen molar-refractivity contribution in [3.63, 3.8) is 0 Å². The number of carboxylic acid groups (broad SMARTS) is 1. The molecule has 1 saturated carbocycles. The van der Waals surface area contributed by atoms with Crippen molar-refractivity contribution in [3.05, 3.63) is 18.1 Å². The highest BCUT2D eigenvalue weighted by Crippen LogP contribution is 2.47. The van der Waals surface area contributed by atoms with E-state index in [1.165, 1.54) is 4.90 Å². The summed E-state index contributed by atoms with van der Waals surface area (Å²) < 4.78 is 53.4. The summed E-state index contributed by atoms with van der Waals surface area (Å²) >= 11 is 0. The fourth-order valence-electron chi connectivity index (χ4n) is 4.60. The highest BCUT2D eigenvalue weighted by molar-refractivity contribution is 6.39. The second-order valence-electron chi connectivity index (χ2n) is 8.85. The number of oxime groups is 1. The van der Waals surface area contributed by atoms with Crippen LogP contribution in [0.15, 0.2) is 17.5 Å². The van der Waals surface area contributed by atoms with Gasteiger partial charge in [-0.15, -0.1) is 0 Å². The zero-order chi connectivity index (χ0) is 23.9. The van der Waals surface area contributed by atoms with E-state index in [2.05, 4.69) is 15.1 Å². The van der Waals surface area contributed by atoms with Crippen LogP contribution in [0.25, 0.3) is 0 Å². The molecular formula is C20H23F4N5O4. The molecule has 1 aromatic rings.